The Balaban J connectivity index is 1.76. The zero-order valence-corrected chi connectivity index (χ0v) is 18.4. The van der Waals surface area contributed by atoms with Gasteiger partial charge in [0.2, 0.25) is 5.91 Å². The molecule has 6 nitrogen and oxygen atoms in total. The lowest BCUT2D eigenvalue weighted by Gasteiger charge is -2.30. The lowest BCUT2D eigenvalue weighted by Crippen LogP contribution is -2.54. The number of aliphatic hydroxyl groups excluding tert-OH is 1. The Morgan fingerprint density at radius 2 is 2.00 bits per heavy atom. The van der Waals surface area contributed by atoms with Crippen molar-refractivity contribution >= 4 is 46.2 Å². The Hall–Kier alpha value is -2.42. The molecule has 1 fully saturated rings. The van der Waals surface area contributed by atoms with Crippen molar-refractivity contribution in [3.63, 3.8) is 0 Å². The SMILES string of the molecule is CC(C)[C@H](C(=O)N[C@H](CO)Cc1ccccc1)N1C(=O)/C(=C/c2ccco2)SC1=S. The molecule has 2 amide bonds. The molecular weight excluding hydrogens is 420 g/mol. The maximum absolute atomic E-state index is 13.1. The normalized spacial score (nSPS) is 17.6. The van der Waals surface area contributed by atoms with Crippen LogP contribution in [0.3, 0.4) is 0 Å². The van der Waals surface area contributed by atoms with Crippen LogP contribution in [0.15, 0.2) is 58.1 Å². The Morgan fingerprint density at radius 1 is 1.27 bits per heavy atom. The number of rotatable bonds is 8. The first-order valence-electron chi connectivity index (χ1n) is 9.66. The summed E-state index contributed by atoms with van der Waals surface area (Å²) in [6.07, 6.45) is 3.64. The van der Waals surface area contributed by atoms with Crippen LogP contribution in [0.1, 0.15) is 25.2 Å². The number of nitrogens with one attached hydrogen (secondary N) is 1. The molecule has 3 rings (SSSR count). The van der Waals surface area contributed by atoms with E-state index in [1.165, 1.54) is 11.2 Å². The number of carbonyl (C=O) groups excluding carboxylic acids is 2. The molecule has 2 atom stereocenters. The summed E-state index contributed by atoms with van der Waals surface area (Å²) < 4.78 is 5.61. The van der Waals surface area contributed by atoms with Crippen LogP contribution in [0.5, 0.6) is 0 Å². The van der Waals surface area contributed by atoms with E-state index in [2.05, 4.69) is 5.32 Å². The predicted octanol–water partition coefficient (Wildman–Crippen LogP) is 3.23. The topological polar surface area (TPSA) is 82.8 Å². The summed E-state index contributed by atoms with van der Waals surface area (Å²) in [5.41, 5.74) is 1.00. The van der Waals surface area contributed by atoms with Gasteiger partial charge < -0.3 is 14.8 Å². The van der Waals surface area contributed by atoms with Crippen molar-refractivity contribution in [3.05, 3.63) is 65.0 Å². The molecule has 0 saturated carbocycles. The molecule has 158 valence electrons. The van der Waals surface area contributed by atoms with Gasteiger partial charge in [-0.3, -0.25) is 14.5 Å². The fraction of sp³-hybridized carbons (Fsp3) is 0.318. The zero-order chi connectivity index (χ0) is 21.7. The van der Waals surface area contributed by atoms with Crippen LogP contribution in [0.2, 0.25) is 0 Å². The molecule has 0 radical (unpaired) electrons. The number of aliphatic hydroxyl groups is 1. The Morgan fingerprint density at radius 3 is 2.60 bits per heavy atom. The first kappa shape index (κ1) is 22.3. The molecule has 0 unspecified atom stereocenters. The monoisotopic (exact) mass is 444 g/mol. The van der Waals surface area contributed by atoms with E-state index >= 15 is 0 Å². The number of carbonyl (C=O) groups is 2. The molecule has 2 heterocycles. The molecule has 1 aliphatic heterocycles. The zero-order valence-electron chi connectivity index (χ0n) is 16.8. The van der Waals surface area contributed by atoms with E-state index in [1.54, 1.807) is 18.2 Å². The molecule has 1 aromatic heterocycles. The van der Waals surface area contributed by atoms with Gasteiger partial charge in [-0.05, 0) is 30.0 Å². The lowest BCUT2D eigenvalue weighted by molar-refractivity contribution is -0.134. The molecule has 0 aliphatic carbocycles. The number of furan rings is 1. The fourth-order valence-electron chi connectivity index (χ4n) is 3.29. The maximum atomic E-state index is 13.1. The average Bonchev–Trinajstić information content (AvgIpc) is 3.32. The number of hydrogen-bond donors (Lipinski definition) is 2. The quantitative estimate of drug-likeness (QED) is 0.481. The summed E-state index contributed by atoms with van der Waals surface area (Å²) in [6, 6.07) is 11.9. The highest BCUT2D eigenvalue weighted by atomic mass is 32.2. The van der Waals surface area contributed by atoms with E-state index in [-0.39, 0.29) is 24.3 Å². The predicted molar refractivity (Wildman–Crippen MR) is 122 cm³/mol. The van der Waals surface area contributed by atoms with Gasteiger partial charge in [-0.15, -0.1) is 0 Å². The van der Waals surface area contributed by atoms with E-state index in [0.29, 0.717) is 21.4 Å². The number of nitrogens with zero attached hydrogens (tertiary/aromatic N) is 1. The van der Waals surface area contributed by atoms with Gasteiger partial charge in [0.05, 0.1) is 23.8 Å². The van der Waals surface area contributed by atoms with Crippen molar-refractivity contribution in [3.8, 4) is 0 Å². The number of thiocarbonyl (C=S) groups is 1. The highest BCUT2D eigenvalue weighted by Gasteiger charge is 2.42. The third-order valence-corrected chi connectivity index (χ3v) is 6.04. The second-order valence-electron chi connectivity index (χ2n) is 7.33. The largest absolute Gasteiger partial charge is 0.465 e. The van der Waals surface area contributed by atoms with Crippen molar-refractivity contribution in [2.75, 3.05) is 6.61 Å². The highest BCUT2D eigenvalue weighted by molar-refractivity contribution is 8.26. The van der Waals surface area contributed by atoms with Crippen molar-refractivity contribution in [2.45, 2.75) is 32.4 Å². The van der Waals surface area contributed by atoms with Crippen LogP contribution in [0, 0.1) is 5.92 Å². The maximum Gasteiger partial charge on any atom is 0.267 e. The summed E-state index contributed by atoms with van der Waals surface area (Å²) in [4.78, 5) is 27.9. The highest BCUT2D eigenvalue weighted by Crippen LogP contribution is 2.35. The van der Waals surface area contributed by atoms with Crippen LogP contribution >= 0.6 is 24.0 Å². The van der Waals surface area contributed by atoms with E-state index < -0.39 is 12.1 Å². The van der Waals surface area contributed by atoms with Crippen LogP contribution in [-0.4, -0.2) is 44.8 Å². The minimum atomic E-state index is -0.773. The first-order valence-corrected chi connectivity index (χ1v) is 10.9. The molecule has 0 bridgehead atoms. The van der Waals surface area contributed by atoms with Crippen LogP contribution < -0.4 is 5.32 Å². The molecule has 2 N–H and O–H groups in total. The summed E-state index contributed by atoms with van der Waals surface area (Å²) >= 11 is 6.57. The molecule has 8 heteroatoms. The van der Waals surface area contributed by atoms with Gasteiger partial charge in [0.25, 0.3) is 5.91 Å². The van der Waals surface area contributed by atoms with Gasteiger partial charge >= 0.3 is 0 Å². The number of amides is 2. The molecule has 30 heavy (non-hydrogen) atoms. The molecule has 1 aliphatic rings. The van der Waals surface area contributed by atoms with Gasteiger partial charge in [-0.1, -0.05) is 68.2 Å². The van der Waals surface area contributed by atoms with Crippen LogP contribution in [0.4, 0.5) is 0 Å². The minimum Gasteiger partial charge on any atom is -0.465 e. The van der Waals surface area contributed by atoms with Gasteiger partial charge in [0.1, 0.15) is 16.1 Å². The summed E-state index contributed by atoms with van der Waals surface area (Å²) in [5.74, 6) is -0.287. The molecule has 1 saturated heterocycles. The van der Waals surface area contributed by atoms with Crippen molar-refractivity contribution < 1.29 is 19.1 Å². The minimum absolute atomic E-state index is 0.175. The third kappa shape index (κ3) is 5.19. The van der Waals surface area contributed by atoms with Crippen molar-refractivity contribution in [2.24, 2.45) is 5.92 Å². The van der Waals surface area contributed by atoms with Crippen molar-refractivity contribution in [1.29, 1.82) is 0 Å². The van der Waals surface area contributed by atoms with E-state index in [1.807, 2.05) is 44.2 Å². The number of thioether (sulfide) groups is 1. The Bertz CT molecular complexity index is 926. The van der Waals surface area contributed by atoms with Crippen LogP contribution in [-0.2, 0) is 16.0 Å². The summed E-state index contributed by atoms with van der Waals surface area (Å²) in [6.45, 7) is 3.52. The van der Waals surface area contributed by atoms with Gasteiger partial charge in [-0.2, -0.15) is 0 Å². The number of benzene rings is 1. The van der Waals surface area contributed by atoms with E-state index in [0.717, 1.165) is 17.3 Å². The third-order valence-electron chi connectivity index (χ3n) is 4.71. The van der Waals surface area contributed by atoms with Gasteiger partial charge in [-0.25, -0.2) is 0 Å². The molecule has 0 spiro atoms. The molecule has 2 aromatic rings. The van der Waals surface area contributed by atoms with Gasteiger partial charge in [0, 0.05) is 6.08 Å². The molecular formula is C22H24N2O4S2. The van der Waals surface area contributed by atoms with Crippen molar-refractivity contribution in [1.82, 2.24) is 10.2 Å². The summed E-state index contributed by atoms with van der Waals surface area (Å²) in [7, 11) is 0. The Kier molecular flexibility index (Phi) is 7.47. The second kappa shape index (κ2) is 10.1. The van der Waals surface area contributed by atoms with E-state index in [4.69, 9.17) is 16.6 Å². The van der Waals surface area contributed by atoms with Gasteiger partial charge in [0.15, 0.2) is 0 Å². The van der Waals surface area contributed by atoms with E-state index in [9.17, 15) is 14.7 Å². The van der Waals surface area contributed by atoms with Crippen LogP contribution in [0.25, 0.3) is 6.08 Å². The average molecular weight is 445 g/mol. The first-order chi connectivity index (χ1) is 14.4. The lowest BCUT2D eigenvalue weighted by atomic mass is 10.00. The smallest absolute Gasteiger partial charge is 0.267 e. The second-order valence-corrected chi connectivity index (χ2v) is 9.01. The number of hydrogen-bond acceptors (Lipinski definition) is 6. The standard InChI is InChI=1S/C22H24N2O4S2/c1-14(2)19(20(26)23-16(13-25)11-15-7-4-3-5-8-15)24-21(27)18(30-22(24)29)12-17-9-6-10-28-17/h3-10,12,14,16,19,25H,11,13H2,1-2H3,(H,23,26)/b18-12-/t16-,19+/m0/s1. The Labute approximate surface area is 185 Å². The summed E-state index contributed by atoms with van der Waals surface area (Å²) in [5, 5.41) is 12.7. The molecule has 1 aromatic carbocycles. The fourth-order valence-corrected chi connectivity index (χ4v) is 4.60.